The zero-order valence-corrected chi connectivity index (χ0v) is 23.8. The molecule has 196 valence electrons. The normalized spacial score (nSPS) is 12.8. The number of methoxy groups -OCH3 is 8. The highest BCUT2D eigenvalue weighted by molar-refractivity contribution is 8.00. The fraction of sp³-hybridized carbons (Fsp3) is 0.500. The molecule has 0 aliphatic carbocycles. The second kappa shape index (κ2) is 15.6. The van der Waals surface area contributed by atoms with Gasteiger partial charge in [-0.1, -0.05) is 35.3 Å². The molecule has 0 fully saturated rings. The summed E-state index contributed by atoms with van der Waals surface area (Å²) >= 11 is 4.51. The third-order valence-electron chi connectivity index (χ3n) is 4.76. The fourth-order valence-corrected chi connectivity index (χ4v) is 6.22. The van der Waals surface area contributed by atoms with E-state index in [1.807, 2.05) is 24.3 Å². The van der Waals surface area contributed by atoms with Crippen LogP contribution in [0, 0.1) is 0 Å². The van der Waals surface area contributed by atoms with Crippen LogP contribution < -0.4 is 18.9 Å². The largest absolute Gasteiger partial charge is 0.492 e. The molecule has 2 aromatic carbocycles. The van der Waals surface area contributed by atoms with Crippen LogP contribution in [-0.2, 0) is 18.9 Å². The summed E-state index contributed by atoms with van der Waals surface area (Å²) in [6.45, 7) is 0.887. The van der Waals surface area contributed by atoms with Crippen molar-refractivity contribution in [3.05, 3.63) is 24.3 Å². The third kappa shape index (κ3) is 7.75. The van der Waals surface area contributed by atoms with Crippen LogP contribution in [0.2, 0.25) is 0 Å². The van der Waals surface area contributed by atoms with E-state index < -0.39 is 0 Å². The van der Waals surface area contributed by atoms with Gasteiger partial charge in [-0.15, -0.1) is 0 Å². The molecule has 35 heavy (non-hydrogen) atoms. The maximum absolute atomic E-state index is 5.77. The first kappa shape index (κ1) is 29.8. The van der Waals surface area contributed by atoms with Crippen LogP contribution in [-0.4, -0.2) is 81.0 Å². The lowest BCUT2D eigenvalue weighted by Crippen LogP contribution is -2.13. The smallest absolute Gasteiger partial charge is 0.175 e. The van der Waals surface area contributed by atoms with E-state index in [2.05, 4.69) is 0 Å². The Kier molecular flexibility index (Phi) is 13.3. The molecule has 0 aromatic heterocycles. The van der Waals surface area contributed by atoms with Gasteiger partial charge in [-0.05, 0) is 24.3 Å². The van der Waals surface area contributed by atoms with Gasteiger partial charge in [0.05, 0.1) is 61.2 Å². The molecular formula is C24H34O8S3. The van der Waals surface area contributed by atoms with Gasteiger partial charge in [0.25, 0.3) is 0 Å². The standard InChI is InChI=1S/C24H34O8S3/c1-25-13-19(27-3)34-17-11-9-15(21(29-5)23(17)31-7)33-16-10-12-18(24(32-8)22(16)30-6)35-20(28-4)14-26-2/h9-12,19-20H,13-14H2,1-8H3. The first-order valence-electron chi connectivity index (χ1n) is 10.6. The molecule has 0 heterocycles. The highest BCUT2D eigenvalue weighted by Gasteiger charge is 2.23. The van der Waals surface area contributed by atoms with Gasteiger partial charge in [-0.2, -0.15) is 0 Å². The first-order chi connectivity index (χ1) is 17.0. The Bertz CT molecular complexity index is 855. The summed E-state index contributed by atoms with van der Waals surface area (Å²) < 4.78 is 44.5. The Labute approximate surface area is 220 Å². The molecule has 2 rings (SSSR count). The number of rotatable bonds is 16. The molecule has 0 N–H and O–H groups in total. The summed E-state index contributed by atoms with van der Waals surface area (Å²) in [6.07, 6.45) is 0. The van der Waals surface area contributed by atoms with Crippen molar-refractivity contribution >= 4 is 35.3 Å². The molecule has 0 radical (unpaired) electrons. The molecule has 0 aliphatic heterocycles. The van der Waals surface area contributed by atoms with E-state index >= 15 is 0 Å². The molecule has 8 nitrogen and oxygen atoms in total. The van der Waals surface area contributed by atoms with E-state index in [4.69, 9.17) is 37.9 Å². The molecule has 11 heteroatoms. The Balaban J connectivity index is 2.44. The topological polar surface area (TPSA) is 73.8 Å². The van der Waals surface area contributed by atoms with Crippen LogP contribution in [0.5, 0.6) is 23.0 Å². The molecule has 0 aliphatic rings. The minimum absolute atomic E-state index is 0.180. The van der Waals surface area contributed by atoms with E-state index in [1.54, 1.807) is 56.9 Å². The average molecular weight is 547 g/mol. The number of hydrogen-bond acceptors (Lipinski definition) is 11. The molecule has 2 atom stereocenters. The summed E-state index contributed by atoms with van der Waals surface area (Å²) in [5.74, 6) is 2.49. The van der Waals surface area contributed by atoms with Crippen LogP contribution in [0.25, 0.3) is 0 Å². The zero-order valence-electron chi connectivity index (χ0n) is 21.4. The summed E-state index contributed by atoms with van der Waals surface area (Å²) in [5.41, 5.74) is -0.360. The molecule has 0 saturated carbocycles. The predicted octanol–water partition coefficient (Wildman–Crippen LogP) is 5.29. The zero-order chi connectivity index (χ0) is 25.8. The van der Waals surface area contributed by atoms with Crippen molar-refractivity contribution < 1.29 is 37.9 Å². The van der Waals surface area contributed by atoms with Crippen LogP contribution >= 0.6 is 35.3 Å². The third-order valence-corrected chi connectivity index (χ3v) is 8.18. The highest BCUT2D eigenvalue weighted by Crippen LogP contribution is 2.51. The Morgan fingerprint density at radius 1 is 0.514 bits per heavy atom. The number of ether oxygens (including phenoxy) is 8. The molecule has 2 unspecified atom stereocenters. The van der Waals surface area contributed by atoms with Gasteiger partial charge in [0.1, 0.15) is 10.9 Å². The van der Waals surface area contributed by atoms with Crippen molar-refractivity contribution in [1.82, 2.24) is 0 Å². The van der Waals surface area contributed by atoms with Crippen molar-refractivity contribution in [2.24, 2.45) is 0 Å². The van der Waals surface area contributed by atoms with Crippen molar-refractivity contribution in [3.8, 4) is 23.0 Å². The molecule has 0 bridgehead atoms. The number of benzene rings is 2. The summed E-state index contributed by atoms with van der Waals surface area (Å²) in [4.78, 5) is 3.50. The lowest BCUT2D eigenvalue weighted by molar-refractivity contribution is 0.0812. The van der Waals surface area contributed by atoms with Gasteiger partial charge in [0.15, 0.2) is 23.0 Å². The van der Waals surface area contributed by atoms with Crippen LogP contribution in [0.15, 0.2) is 43.8 Å². The van der Waals surface area contributed by atoms with Crippen molar-refractivity contribution in [3.63, 3.8) is 0 Å². The molecule has 0 saturated heterocycles. The predicted molar refractivity (Wildman–Crippen MR) is 140 cm³/mol. The quantitative estimate of drug-likeness (QED) is 0.204. The van der Waals surface area contributed by atoms with Crippen molar-refractivity contribution in [1.29, 1.82) is 0 Å². The van der Waals surface area contributed by atoms with Gasteiger partial charge in [-0.25, -0.2) is 0 Å². The lowest BCUT2D eigenvalue weighted by Gasteiger charge is -2.21. The summed E-state index contributed by atoms with van der Waals surface area (Å²) in [7, 11) is 13.1. The van der Waals surface area contributed by atoms with E-state index in [0.717, 1.165) is 19.6 Å². The SMILES string of the molecule is COCC(OC)Sc1ccc(Sc2ccc(SC(COC)OC)c(OC)c2OC)c(OC)c1OC. The van der Waals surface area contributed by atoms with Gasteiger partial charge in [0.2, 0.25) is 0 Å². The van der Waals surface area contributed by atoms with E-state index in [0.29, 0.717) is 36.2 Å². The monoisotopic (exact) mass is 546 g/mol. The van der Waals surface area contributed by atoms with Gasteiger partial charge in [-0.3, -0.25) is 0 Å². The second-order valence-electron chi connectivity index (χ2n) is 6.84. The number of hydrogen-bond donors (Lipinski definition) is 0. The lowest BCUT2D eigenvalue weighted by atomic mass is 10.3. The van der Waals surface area contributed by atoms with Crippen LogP contribution in [0.3, 0.4) is 0 Å². The first-order valence-corrected chi connectivity index (χ1v) is 13.1. The average Bonchev–Trinajstić information content (AvgIpc) is 2.88. The minimum atomic E-state index is -0.180. The maximum atomic E-state index is 5.77. The van der Waals surface area contributed by atoms with Crippen LogP contribution in [0.1, 0.15) is 0 Å². The minimum Gasteiger partial charge on any atom is -0.492 e. The van der Waals surface area contributed by atoms with Gasteiger partial charge >= 0.3 is 0 Å². The highest BCUT2D eigenvalue weighted by atomic mass is 32.2. The maximum Gasteiger partial charge on any atom is 0.175 e. The molecular weight excluding hydrogens is 512 g/mol. The number of thioether (sulfide) groups is 2. The summed E-state index contributed by atoms with van der Waals surface area (Å²) in [5, 5.41) is 0. The summed E-state index contributed by atoms with van der Waals surface area (Å²) in [6, 6.07) is 7.94. The molecule has 2 aromatic rings. The Morgan fingerprint density at radius 2 is 0.829 bits per heavy atom. The van der Waals surface area contributed by atoms with Crippen molar-refractivity contribution in [2.75, 3.05) is 70.1 Å². The Morgan fingerprint density at radius 3 is 1.11 bits per heavy atom. The van der Waals surface area contributed by atoms with Crippen molar-refractivity contribution in [2.45, 2.75) is 30.5 Å². The van der Waals surface area contributed by atoms with Gasteiger partial charge in [0, 0.05) is 28.4 Å². The van der Waals surface area contributed by atoms with E-state index in [1.165, 1.54) is 35.3 Å². The van der Waals surface area contributed by atoms with Crippen LogP contribution in [0.4, 0.5) is 0 Å². The van der Waals surface area contributed by atoms with Gasteiger partial charge < -0.3 is 37.9 Å². The molecule has 0 spiro atoms. The van der Waals surface area contributed by atoms with E-state index in [9.17, 15) is 0 Å². The molecule has 0 amide bonds. The second-order valence-corrected chi connectivity index (χ2v) is 10.3. The van der Waals surface area contributed by atoms with E-state index in [-0.39, 0.29) is 10.9 Å². The Hall–Kier alpha value is -1.47. The fourth-order valence-electron chi connectivity index (χ4n) is 3.15.